The summed E-state index contributed by atoms with van der Waals surface area (Å²) in [5.74, 6) is -2.10. The summed E-state index contributed by atoms with van der Waals surface area (Å²) < 4.78 is 35.7. The Morgan fingerprint density at radius 2 is 1.05 bits per heavy atom. The summed E-state index contributed by atoms with van der Waals surface area (Å²) in [6.07, 6.45) is -3.58. The number of nitrogens with zero attached hydrogens (tertiary/aromatic N) is 1. The van der Waals surface area contributed by atoms with Crippen LogP contribution in [-0.4, -0.2) is 66.2 Å². The lowest BCUT2D eigenvalue weighted by Gasteiger charge is -2.45. The van der Waals surface area contributed by atoms with Crippen molar-refractivity contribution in [3.63, 3.8) is 0 Å². The molecule has 0 saturated carbocycles. The van der Waals surface area contributed by atoms with Gasteiger partial charge in [0.05, 0.1) is 21.7 Å². The van der Waals surface area contributed by atoms with Crippen LogP contribution in [0.1, 0.15) is 83.1 Å². The number of aromatic nitrogens is 1. The Kier molecular flexibility index (Phi) is 10.8. The molecule has 1 saturated heterocycles. The SMILES string of the molecule is CC(C)(C)C(=O)OC[C@H]1O[C@H](Oc2ccncc2)[C@H](OC(=O)C(C)(C)C)[C@@H](OC(=O)C(C)(C)C)[C@H]1OC(=O)C(C)(C)C. The summed E-state index contributed by atoms with van der Waals surface area (Å²) in [6, 6.07) is 3.14. The molecule has 0 N–H and O–H groups in total. The van der Waals surface area contributed by atoms with Gasteiger partial charge in [-0.25, -0.2) is 0 Å². The van der Waals surface area contributed by atoms with E-state index in [0.29, 0.717) is 5.75 Å². The predicted molar refractivity (Wildman–Crippen MR) is 152 cm³/mol. The van der Waals surface area contributed by atoms with Gasteiger partial charge in [-0.05, 0) is 95.2 Å². The molecule has 0 aliphatic carbocycles. The van der Waals surface area contributed by atoms with E-state index in [-0.39, 0.29) is 6.61 Å². The first-order valence-electron chi connectivity index (χ1n) is 14.0. The summed E-state index contributed by atoms with van der Waals surface area (Å²) >= 11 is 0. The highest BCUT2D eigenvalue weighted by atomic mass is 16.7. The van der Waals surface area contributed by atoms with Crippen molar-refractivity contribution in [3.05, 3.63) is 24.5 Å². The zero-order chi connectivity index (χ0) is 32.3. The number of carbonyl (C=O) groups excluding carboxylic acids is 4. The molecular weight excluding hydrogens is 546 g/mol. The molecule has 1 fully saturated rings. The first-order chi connectivity index (χ1) is 19.0. The van der Waals surface area contributed by atoms with E-state index < -0.39 is 76.2 Å². The second-order valence-electron chi connectivity index (χ2n) is 14.6. The van der Waals surface area contributed by atoms with E-state index in [0.717, 1.165) is 0 Å². The summed E-state index contributed by atoms with van der Waals surface area (Å²) in [5.41, 5.74) is -3.70. The zero-order valence-corrected chi connectivity index (χ0v) is 26.9. The highest BCUT2D eigenvalue weighted by molar-refractivity contribution is 5.78. The Hall–Kier alpha value is -3.21. The van der Waals surface area contributed by atoms with Crippen molar-refractivity contribution < 1.29 is 47.6 Å². The average molecular weight is 594 g/mol. The van der Waals surface area contributed by atoms with E-state index in [2.05, 4.69) is 4.98 Å². The lowest BCUT2D eigenvalue weighted by Crippen LogP contribution is -2.64. The summed E-state index contributed by atoms with van der Waals surface area (Å²) in [5, 5.41) is 0. The molecule has 1 aliphatic rings. The van der Waals surface area contributed by atoms with Crippen molar-refractivity contribution in [2.24, 2.45) is 21.7 Å². The molecule has 2 heterocycles. The van der Waals surface area contributed by atoms with Gasteiger partial charge in [0.1, 0.15) is 18.5 Å². The normalized spacial score (nSPS) is 23.4. The average Bonchev–Trinajstić information content (AvgIpc) is 2.84. The Morgan fingerprint density at radius 1 is 0.643 bits per heavy atom. The number of hydrogen-bond acceptors (Lipinski definition) is 11. The summed E-state index contributed by atoms with van der Waals surface area (Å²) in [7, 11) is 0. The fourth-order valence-electron chi connectivity index (χ4n) is 3.34. The lowest BCUT2D eigenvalue weighted by molar-refractivity contribution is -0.293. The maximum Gasteiger partial charge on any atom is 0.311 e. The van der Waals surface area contributed by atoms with E-state index in [9.17, 15) is 19.2 Å². The van der Waals surface area contributed by atoms with E-state index in [4.69, 9.17) is 28.4 Å². The van der Waals surface area contributed by atoms with E-state index in [1.807, 2.05) is 0 Å². The van der Waals surface area contributed by atoms with Gasteiger partial charge in [-0.15, -0.1) is 0 Å². The van der Waals surface area contributed by atoms with Gasteiger partial charge in [0.2, 0.25) is 12.4 Å². The number of esters is 4. The molecular formula is C31H47NO10. The quantitative estimate of drug-likeness (QED) is 0.323. The molecule has 0 radical (unpaired) electrons. The number of hydrogen-bond donors (Lipinski definition) is 0. The molecule has 0 aromatic carbocycles. The van der Waals surface area contributed by atoms with Crippen molar-refractivity contribution in [1.82, 2.24) is 4.98 Å². The lowest BCUT2D eigenvalue weighted by atomic mass is 9.93. The van der Waals surface area contributed by atoms with Crippen molar-refractivity contribution in [3.8, 4) is 5.75 Å². The third-order valence-electron chi connectivity index (χ3n) is 6.05. The molecule has 5 atom stereocenters. The number of ether oxygens (including phenoxy) is 6. The second kappa shape index (κ2) is 13.0. The third-order valence-corrected chi connectivity index (χ3v) is 6.05. The second-order valence-corrected chi connectivity index (χ2v) is 14.6. The Labute approximate surface area is 248 Å². The fourth-order valence-corrected chi connectivity index (χ4v) is 3.34. The van der Waals surface area contributed by atoms with Gasteiger partial charge in [0.25, 0.3) is 0 Å². The van der Waals surface area contributed by atoms with Crippen LogP contribution in [0.3, 0.4) is 0 Å². The van der Waals surface area contributed by atoms with Crippen molar-refractivity contribution in [2.45, 2.75) is 114 Å². The molecule has 0 unspecified atom stereocenters. The topological polar surface area (TPSA) is 137 Å². The van der Waals surface area contributed by atoms with Crippen LogP contribution in [0.4, 0.5) is 0 Å². The highest BCUT2D eigenvalue weighted by Gasteiger charge is 2.55. The minimum atomic E-state index is -1.38. The molecule has 0 bridgehead atoms. The van der Waals surface area contributed by atoms with E-state index in [1.165, 1.54) is 12.4 Å². The number of rotatable bonds is 7. The van der Waals surface area contributed by atoms with Crippen LogP contribution in [0.15, 0.2) is 24.5 Å². The molecule has 236 valence electrons. The summed E-state index contributed by atoms with van der Waals surface area (Å²) in [6.45, 7) is 19.7. The largest absolute Gasteiger partial charge is 0.462 e. The monoisotopic (exact) mass is 593 g/mol. The zero-order valence-electron chi connectivity index (χ0n) is 26.9. The molecule has 0 amide bonds. The molecule has 42 heavy (non-hydrogen) atoms. The predicted octanol–water partition coefficient (Wildman–Crippen LogP) is 4.65. The highest BCUT2D eigenvalue weighted by Crippen LogP contribution is 2.35. The Morgan fingerprint density at radius 3 is 1.48 bits per heavy atom. The molecule has 11 nitrogen and oxygen atoms in total. The molecule has 11 heteroatoms. The minimum absolute atomic E-state index is 0.322. The molecule has 1 aromatic heterocycles. The molecule has 2 rings (SSSR count). The van der Waals surface area contributed by atoms with Crippen LogP contribution < -0.4 is 4.74 Å². The van der Waals surface area contributed by atoms with E-state index >= 15 is 0 Å². The summed E-state index contributed by atoms with van der Waals surface area (Å²) in [4.78, 5) is 56.3. The van der Waals surface area contributed by atoms with Gasteiger partial charge in [0, 0.05) is 12.4 Å². The van der Waals surface area contributed by atoms with Crippen LogP contribution in [0.25, 0.3) is 0 Å². The maximum absolute atomic E-state index is 13.3. The maximum atomic E-state index is 13.3. The van der Waals surface area contributed by atoms with Crippen LogP contribution in [0, 0.1) is 21.7 Å². The van der Waals surface area contributed by atoms with Crippen molar-refractivity contribution >= 4 is 23.9 Å². The van der Waals surface area contributed by atoms with Gasteiger partial charge in [-0.2, -0.15) is 0 Å². The number of pyridine rings is 1. The molecule has 0 spiro atoms. The minimum Gasteiger partial charge on any atom is -0.462 e. The third kappa shape index (κ3) is 9.68. The van der Waals surface area contributed by atoms with Crippen molar-refractivity contribution in [2.75, 3.05) is 6.61 Å². The van der Waals surface area contributed by atoms with E-state index in [1.54, 1.807) is 95.2 Å². The van der Waals surface area contributed by atoms with Gasteiger partial charge >= 0.3 is 23.9 Å². The Balaban J connectivity index is 2.68. The standard InChI is InChI=1S/C31H47NO10/c1-28(2,3)24(33)37-17-19-20(40-25(34)29(4,5)6)21(41-26(35)30(7,8)9)22(42-27(36)31(10,11)12)23(39-19)38-18-13-15-32-16-14-18/h13-16,19-23H,17H2,1-12H3/t19-,20+,21+,22-,23+/m1/s1. The Bertz CT molecular complexity index is 1110. The van der Waals surface area contributed by atoms with Crippen LogP contribution in [-0.2, 0) is 42.9 Å². The van der Waals surface area contributed by atoms with Gasteiger partial charge in [-0.1, -0.05) is 0 Å². The van der Waals surface area contributed by atoms with Crippen LogP contribution in [0.2, 0.25) is 0 Å². The van der Waals surface area contributed by atoms with Gasteiger partial charge in [0.15, 0.2) is 12.2 Å². The van der Waals surface area contributed by atoms with Crippen molar-refractivity contribution in [1.29, 1.82) is 0 Å². The molecule has 1 aromatic rings. The first-order valence-corrected chi connectivity index (χ1v) is 14.0. The first kappa shape index (κ1) is 35.0. The smallest absolute Gasteiger partial charge is 0.311 e. The fraction of sp³-hybridized carbons (Fsp3) is 0.710. The van der Waals surface area contributed by atoms with Crippen LogP contribution in [0.5, 0.6) is 5.75 Å². The molecule has 1 aliphatic heterocycles. The number of carbonyl (C=O) groups is 4. The van der Waals surface area contributed by atoms with Gasteiger partial charge in [-0.3, -0.25) is 24.2 Å². The van der Waals surface area contributed by atoms with Gasteiger partial charge < -0.3 is 28.4 Å². The van der Waals surface area contributed by atoms with Crippen LogP contribution >= 0.6 is 0 Å².